The number of carboxylic acid groups (broad SMARTS) is 1. The maximum atomic E-state index is 11.9. The van der Waals surface area contributed by atoms with Gasteiger partial charge in [0.1, 0.15) is 0 Å². The Kier molecular flexibility index (Phi) is 4.47. The van der Waals surface area contributed by atoms with Gasteiger partial charge in [-0.2, -0.15) is 0 Å². The van der Waals surface area contributed by atoms with E-state index in [0.717, 1.165) is 0 Å². The lowest BCUT2D eigenvalue weighted by molar-refractivity contribution is -0.138. The molecule has 1 saturated heterocycles. The molecule has 0 aromatic rings. The Morgan fingerprint density at radius 3 is 2.59 bits per heavy atom. The molecular weight excluding hydrogens is 224 g/mol. The molecule has 17 heavy (non-hydrogen) atoms. The summed E-state index contributed by atoms with van der Waals surface area (Å²) in [5.74, 6) is -1.36. The van der Waals surface area contributed by atoms with Gasteiger partial charge in [-0.15, -0.1) is 0 Å². The van der Waals surface area contributed by atoms with Crippen LogP contribution in [0, 0.1) is 5.92 Å². The predicted molar refractivity (Wildman–Crippen MR) is 61.4 cm³/mol. The van der Waals surface area contributed by atoms with Gasteiger partial charge < -0.3 is 20.9 Å². The van der Waals surface area contributed by atoms with Crippen molar-refractivity contribution in [2.75, 3.05) is 13.2 Å². The average molecular weight is 244 g/mol. The minimum Gasteiger partial charge on any atom is -0.481 e. The molecule has 0 bridgehead atoms. The van der Waals surface area contributed by atoms with Gasteiger partial charge in [0.05, 0.1) is 19.1 Å². The van der Waals surface area contributed by atoms with Crippen molar-refractivity contribution in [3.63, 3.8) is 0 Å². The first-order valence-electron chi connectivity index (χ1n) is 5.69. The number of amides is 1. The van der Waals surface area contributed by atoms with Gasteiger partial charge in [0.15, 0.2) is 0 Å². The third-order valence-corrected chi connectivity index (χ3v) is 2.89. The predicted octanol–water partition coefficient (Wildman–Crippen LogP) is -0.280. The van der Waals surface area contributed by atoms with E-state index in [1.165, 1.54) is 0 Å². The molecule has 6 heteroatoms. The summed E-state index contributed by atoms with van der Waals surface area (Å²) in [6, 6.07) is -0.273. The number of carboxylic acids is 1. The van der Waals surface area contributed by atoms with E-state index >= 15 is 0 Å². The van der Waals surface area contributed by atoms with Gasteiger partial charge in [0.25, 0.3) is 0 Å². The van der Waals surface area contributed by atoms with Crippen LogP contribution in [-0.2, 0) is 14.3 Å². The lowest BCUT2D eigenvalue weighted by Gasteiger charge is -2.27. The lowest BCUT2D eigenvalue weighted by atomic mass is 9.95. The summed E-state index contributed by atoms with van der Waals surface area (Å²) in [6.07, 6.45) is 0.414. The second kappa shape index (κ2) is 5.46. The molecule has 1 amide bonds. The Morgan fingerprint density at radius 1 is 1.47 bits per heavy atom. The van der Waals surface area contributed by atoms with Crippen molar-refractivity contribution in [2.45, 2.75) is 38.3 Å². The molecular formula is C11H20N2O4. The molecule has 6 nitrogen and oxygen atoms in total. The summed E-state index contributed by atoms with van der Waals surface area (Å²) in [5, 5.41) is 11.4. The SMILES string of the molecule is CC(C)(CCC(=O)O)NC(=O)C1COCC1N. The zero-order chi connectivity index (χ0) is 13.1. The van der Waals surface area contributed by atoms with Crippen LogP contribution < -0.4 is 11.1 Å². The minimum absolute atomic E-state index is 0.0283. The van der Waals surface area contributed by atoms with Gasteiger partial charge in [0, 0.05) is 18.0 Å². The normalized spacial score (nSPS) is 24.6. The Bertz CT molecular complexity index is 304. The van der Waals surface area contributed by atoms with E-state index in [0.29, 0.717) is 19.6 Å². The quantitative estimate of drug-likeness (QED) is 0.617. The van der Waals surface area contributed by atoms with Crippen LogP contribution in [0.2, 0.25) is 0 Å². The van der Waals surface area contributed by atoms with Crippen LogP contribution >= 0.6 is 0 Å². The van der Waals surface area contributed by atoms with E-state index in [-0.39, 0.29) is 24.3 Å². The van der Waals surface area contributed by atoms with Gasteiger partial charge in [-0.05, 0) is 20.3 Å². The van der Waals surface area contributed by atoms with Crippen LogP contribution in [0.1, 0.15) is 26.7 Å². The molecule has 2 atom stereocenters. The fraction of sp³-hybridized carbons (Fsp3) is 0.818. The fourth-order valence-electron chi connectivity index (χ4n) is 1.75. The molecule has 0 saturated carbocycles. The number of nitrogens with two attached hydrogens (primary N) is 1. The number of aliphatic carboxylic acids is 1. The fourth-order valence-corrected chi connectivity index (χ4v) is 1.75. The smallest absolute Gasteiger partial charge is 0.303 e. The molecule has 1 fully saturated rings. The average Bonchev–Trinajstić information content (AvgIpc) is 2.61. The topological polar surface area (TPSA) is 102 Å². The van der Waals surface area contributed by atoms with E-state index < -0.39 is 11.5 Å². The Labute approximate surface area is 101 Å². The molecule has 4 N–H and O–H groups in total. The summed E-state index contributed by atoms with van der Waals surface area (Å²) in [6.45, 7) is 4.33. The maximum Gasteiger partial charge on any atom is 0.303 e. The zero-order valence-electron chi connectivity index (χ0n) is 10.2. The molecule has 0 spiro atoms. The molecule has 1 aliphatic rings. The lowest BCUT2D eigenvalue weighted by Crippen LogP contribution is -2.50. The molecule has 0 radical (unpaired) electrons. The van der Waals surface area contributed by atoms with Gasteiger partial charge in [-0.3, -0.25) is 9.59 Å². The van der Waals surface area contributed by atoms with E-state index in [1.807, 2.05) is 0 Å². The third kappa shape index (κ3) is 4.32. The summed E-state index contributed by atoms with van der Waals surface area (Å²) in [4.78, 5) is 22.4. The number of ether oxygens (including phenoxy) is 1. The number of nitrogens with one attached hydrogen (secondary N) is 1. The van der Waals surface area contributed by atoms with E-state index in [1.54, 1.807) is 13.8 Å². The van der Waals surface area contributed by atoms with Crippen molar-refractivity contribution in [2.24, 2.45) is 11.7 Å². The van der Waals surface area contributed by atoms with Crippen molar-refractivity contribution >= 4 is 11.9 Å². The van der Waals surface area contributed by atoms with Crippen LogP contribution in [0.4, 0.5) is 0 Å². The highest BCUT2D eigenvalue weighted by Crippen LogP contribution is 2.16. The maximum absolute atomic E-state index is 11.9. The second-order valence-corrected chi connectivity index (χ2v) is 5.07. The summed E-state index contributed by atoms with van der Waals surface area (Å²) in [5.41, 5.74) is 5.20. The molecule has 0 aromatic heterocycles. The number of hydrogen-bond acceptors (Lipinski definition) is 4. The molecule has 2 unspecified atom stereocenters. The highest BCUT2D eigenvalue weighted by molar-refractivity contribution is 5.80. The number of carbonyl (C=O) groups excluding carboxylic acids is 1. The van der Waals surface area contributed by atoms with Gasteiger partial charge in [0.2, 0.25) is 5.91 Å². The highest BCUT2D eigenvalue weighted by atomic mass is 16.5. The van der Waals surface area contributed by atoms with E-state index in [2.05, 4.69) is 5.32 Å². The van der Waals surface area contributed by atoms with Crippen molar-refractivity contribution in [1.82, 2.24) is 5.32 Å². The van der Waals surface area contributed by atoms with Crippen molar-refractivity contribution < 1.29 is 19.4 Å². The van der Waals surface area contributed by atoms with Crippen LogP contribution in [0.15, 0.2) is 0 Å². The molecule has 0 aliphatic carbocycles. The van der Waals surface area contributed by atoms with Crippen LogP contribution in [0.25, 0.3) is 0 Å². The van der Waals surface area contributed by atoms with Gasteiger partial charge >= 0.3 is 5.97 Å². The van der Waals surface area contributed by atoms with Crippen molar-refractivity contribution in [1.29, 1.82) is 0 Å². The van der Waals surface area contributed by atoms with Crippen molar-refractivity contribution in [3.8, 4) is 0 Å². The second-order valence-electron chi connectivity index (χ2n) is 5.07. The summed E-state index contributed by atoms with van der Waals surface area (Å²) in [7, 11) is 0. The zero-order valence-corrected chi connectivity index (χ0v) is 10.2. The van der Waals surface area contributed by atoms with Gasteiger partial charge in [-0.1, -0.05) is 0 Å². The third-order valence-electron chi connectivity index (χ3n) is 2.89. The number of rotatable bonds is 5. The summed E-state index contributed by atoms with van der Waals surface area (Å²) < 4.78 is 5.12. The van der Waals surface area contributed by atoms with Crippen LogP contribution in [0.3, 0.4) is 0 Å². The van der Waals surface area contributed by atoms with Crippen LogP contribution in [-0.4, -0.2) is 41.8 Å². The first-order valence-corrected chi connectivity index (χ1v) is 5.69. The highest BCUT2D eigenvalue weighted by Gasteiger charge is 2.34. The Balaban J connectivity index is 2.46. The van der Waals surface area contributed by atoms with E-state index in [9.17, 15) is 9.59 Å². The Morgan fingerprint density at radius 2 is 2.12 bits per heavy atom. The molecule has 1 rings (SSSR count). The number of carbonyl (C=O) groups is 2. The van der Waals surface area contributed by atoms with E-state index in [4.69, 9.17) is 15.6 Å². The van der Waals surface area contributed by atoms with Gasteiger partial charge in [-0.25, -0.2) is 0 Å². The standard InChI is InChI=1S/C11H20N2O4/c1-11(2,4-3-9(14)15)13-10(16)7-5-17-6-8(7)12/h7-8H,3-6,12H2,1-2H3,(H,13,16)(H,14,15). The Hall–Kier alpha value is -1.14. The largest absolute Gasteiger partial charge is 0.481 e. The monoisotopic (exact) mass is 244 g/mol. The first-order chi connectivity index (χ1) is 7.82. The molecule has 1 aliphatic heterocycles. The van der Waals surface area contributed by atoms with Crippen molar-refractivity contribution in [3.05, 3.63) is 0 Å². The number of hydrogen-bond donors (Lipinski definition) is 3. The summed E-state index contributed by atoms with van der Waals surface area (Å²) >= 11 is 0. The molecule has 98 valence electrons. The first kappa shape index (κ1) is 13.9. The minimum atomic E-state index is -0.867. The van der Waals surface area contributed by atoms with Crippen LogP contribution in [0.5, 0.6) is 0 Å². The molecule has 0 aromatic carbocycles. The molecule has 1 heterocycles.